The van der Waals surface area contributed by atoms with Gasteiger partial charge in [-0.05, 0) is 44.9 Å². The zero-order chi connectivity index (χ0) is 27.2. The lowest BCUT2D eigenvalue weighted by Gasteiger charge is -2.23. The van der Waals surface area contributed by atoms with Crippen molar-refractivity contribution in [1.29, 1.82) is 0 Å². The van der Waals surface area contributed by atoms with E-state index in [0.29, 0.717) is 6.42 Å². The van der Waals surface area contributed by atoms with Gasteiger partial charge in [-0.3, -0.25) is 23.3 Å². The fourth-order valence-electron chi connectivity index (χ4n) is 4.09. The molecule has 0 amide bonds. The highest BCUT2D eigenvalue weighted by atomic mass is 16.6. The lowest BCUT2D eigenvalue weighted by molar-refractivity contribution is -0.157. The topological polar surface area (TPSA) is 88.1 Å². The molecule has 0 aliphatic rings. The normalized spacial score (nSPS) is 13.1. The van der Waals surface area contributed by atoms with Crippen LogP contribution in [0.1, 0.15) is 91.2 Å². The van der Waals surface area contributed by atoms with E-state index in [-0.39, 0.29) is 23.1 Å². The van der Waals surface area contributed by atoms with E-state index >= 15 is 0 Å². The van der Waals surface area contributed by atoms with Crippen molar-refractivity contribution in [2.24, 2.45) is 20.0 Å². The predicted molar refractivity (Wildman–Crippen MR) is 149 cm³/mol. The fraction of sp³-hybridized carbons (Fsp3) is 0.586. The van der Waals surface area contributed by atoms with E-state index in [4.69, 9.17) is 4.74 Å². The maximum atomic E-state index is 12.8. The van der Waals surface area contributed by atoms with Crippen LogP contribution in [-0.2, 0) is 23.6 Å². The smallest absolute Gasteiger partial charge is 0.332 e. The van der Waals surface area contributed by atoms with Gasteiger partial charge >= 0.3 is 11.7 Å². The number of allylic oxidation sites excluding steroid dienone is 6. The van der Waals surface area contributed by atoms with Crippen LogP contribution in [-0.4, -0.2) is 24.7 Å². The molecule has 0 aromatic carbocycles. The molecule has 0 aliphatic carbocycles. The standard InChI is InChI=1S/C29H44N4O4/c1-6-7-8-9-10-11-12-13-14-15-16-17-18-19-20-21-24(34)37-28(23(2)3)33-22-30-26-25(33)27(35)32(5)29(36)31(26)4/h10-11,13-14,16-17,22-23,28H,6-9,12,15,18-21H2,1-5H3/b11-10-,14-13-,17-16-. The first-order valence-corrected chi connectivity index (χ1v) is 13.6. The highest BCUT2D eigenvalue weighted by molar-refractivity contribution is 5.71. The average Bonchev–Trinajstić information content (AvgIpc) is 3.31. The molecule has 0 radical (unpaired) electrons. The van der Waals surface area contributed by atoms with Gasteiger partial charge in [-0.15, -0.1) is 0 Å². The molecule has 8 heteroatoms. The maximum Gasteiger partial charge on any atom is 0.332 e. The van der Waals surface area contributed by atoms with E-state index in [1.807, 2.05) is 13.8 Å². The Morgan fingerprint density at radius 1 is 0.919 bits per heavy atom. The second-order valence-corrected chi connectivity index (χ2v) is 9.78. The number of hydrogen-bond donors (Lipinski definition) is 0. The van der Waals surface area contributed by atoms with Gasteiger partial charge in [-0.25, -0.2) is 9.78 Å². The summed E-state index contributed by atoms with van der Waals surface area (Å²) in [4.78, 5) is 41.8. The maximum absolute atomic E-state index is 12.8. The van der Waals surface area contributed by atoms with Gasteiger partial charge in [0.25, 0.3) is 5.56 Å². The monoisotopic (exact) mass is 512 g/mol. The van der Waals surface area contributed by atoms with Crippen LogP contribution in [0.2, 0.25) is 0 Å². The third-order valence-electron chi connectivity index (χ3n) is 6.29. The van der Waals surface area contributed by atoms with Crippen LogP contribution in [0.25, 0.3) is 11.2 Å². The Morgan fingerprint density at radius 2 is 1.51 bits per heavy atom. The Hall–Kier alpha value is -3.16. The van der Waals surface area contributed by atoms with Crippen molar-refractivity contribution in [1.82, 2.24) is 18.7 Å². The fourth-order valence-corrected chi connectivity index (χ4v) is 4.09. The molecule has 0 fully saturated rings. The van der Waals surface area contributed by atoms with Gasteiger partial charge in [0.2, 0.25) is 0 Å². The lowest BCUT2D eigenvalue weighted by atomic mass is 10.1. The number of carbonyl (C=O) groups excluding carboxylic acids is 1. The van der Waals surface area contributed by atoms with Crippen LogP contribution in [0, 0.1) is 5.92 Å². The van der Waals surface area contributed by atoms with E-state index in [0.717, 1.165) is 36.7 Å². The summed E-state index contributed by atoms with van der Waals surface area (Å²) in [5.41, 5.74) is -0.386. The number of ether oxygens (including phenoxy) is 1. The summed E-state index contributed by atoms with van der Waals surface area (Å²) in [6, 6.07) is 0. The molecule has 2 heterocycles. The van der Waals surface area contributed by atoms with Crippen molar-refractivity contribution in [2.45, 2.75) is 91.2 Å². The summed E-state index contributed by atoms with van der Waals surface area (Å²) < 4.78 is 9.69. The summed E-state index contributed by atoms with van der Waals surface area (Å²) in [6.45, 7) is 6.05. The van der Waals surface area contributed by atoms with Crippen LogP contribution in [0.5, 0.6) is 0 Å². The summed E-state index contributed by atoms with van der Waals surface area (Å²) in [6.07, 6.45) is 23.8. The molecule has 2 aromatic heterocycles. The van der Waals surface area contributed by atoms with Crippen LogP contribution in [0.4, 0.5) is 0 Å². The van der Waals surface area contributed by atoms with Crippen molar-refractivity contribution in [3.05, 3.63) is 63.6 Å². The Morgan fingerprint density at radius 3 is 2.11 bits per heavy atom. The van der Waals surface area contributed by atoms with Crippen molar-refractivity contribution in [3.63, 3.8) is 0 Å². The number of rotatable bonds is 16. The van der Waals surface area contributed by atoms with Gasteiger partial charge in [0.1, 0.15) is 6.33 Å². The molecule has 1 atom stereocenters. The SMILES string of the molecule is CCCCC/C=C\C/C=C\C/C=C\CCCCC(=O)OC(C(C)C)n1cnc2c1c(=O)n(C)c(=O)n2C. The van der Waals surface area contributed by atoms with Gasteiger partial charge in [-0.1, -0.05) is 70.1 Å². The molecule has 0 spiro atoms. The number of fused-ring (bicyclic) bond motifs is 1. The number of esters is 1. The minimum atomic E-state index is -0.680. The number of unbranched alkanes of at least 4 members (excludes halogenated alkanes) is 5. The highest BCUT2D eigenvalue weighted by Gasteiger charge is 2.25. The predicted octanol–water partition coefficient (Wildman–Crippen LogP) is 5.72. The molecule has 0 bridgehead atoms. The minimum Gasteiger partial charge on any atom is -0.441 e. The lowest BCUT2D eigenvalue weighted by Crippen LogP contribution is -2.38. The molecule has 1 unspecified atom stereocenters. The Labute approximate surface area is 220 Å². The Balaban J connectivity index is 1.77. The van der Waals surface area contributed by atoms with Crippen LogP contribution in [0.3, 0.4) is 0 Å². The van der Waals surface area contributed by atoms with Gasteiger partial charge in [0.05, 0.1) is 0 Å². The van der Waals surface area contributed by atoms with Crippen LogP contribution < -0.4 is 11.2 Å². The molecule has 37 heavy (non-hydrogen) atoms. The van der Waals surface area contributed by atoms with Crippen molar-refractivity contribution >= 4 is 17.1 Å². The molecule has 0 saturated carbocycles. The van der Waals surface area contributed by atoms with E-state index < -0.39 is 17.5 Å². The number of nitrogens with zero attached hydrogens (tertiary/aromatic N) is 4. The Bertz CT molecular complexity index is 1200. The largest absolute Gasteiger partial charge is 0.441 e. The van der Waals surface area contributed by atoms with Gasteiger partial charge < -0.3 is 4.74 Å². The molecular weight excluding hydrogens is 468 g/mol. The number of aryl methyl sites for hydroxylation is 1. The Kier molecular flexibility index (Phi) is 12.9. The summed E-state index contributed by atoms with van der Waals surface area (Å²) in [7, 11) is 2.99. The van der Waals surface area contributed by atoms with Gasteiger partial charge in [0, 0.05) is 26.4 Å². The van der Waals surface area contributed by atoms with E-state index in [9.17, 15) is 14.4 Å². The number of carbonyl (C=O) groups is 1. The molecule has 0 aliphatic heterocycles. The molecule has 0 N–H and O–H groups in total. The molecule has 8 nitrogen and oxygen atoms in total. The zero-order valence-corrected chi connectivity index (χ0v) is 23.2. The zero-order valence-electron chi connectivity index (χ0n) is 23.2. The molecule has 204 valence electrons. The second kappa shape index (κ2) is 15.8. The van der Waals surface area contributed by atoms with Crippen molar-refractivity contribution in [2.75, 3.05) is 0 Å². The molecule has 2 aromatic rings. The van der Waals surface area contributed by atoms with Gasteiger partial charge in [0.15, 0.2) is 17.4 Å². The number of aromatic nitrogens is 4. The minimum absolute atomic E-state index is 0.0872. The summed E-state index contributed by atoms with van der Waals surface area (Å²) in [5, 5.41) is 0. The first-order chi connectivity index (χ1) is 17.8. The van der Waals surface area contributed by atoms with Crippen LogP contribution >= 0.6 is 0 Å². The number of imidazole rings is 1. The molecule has 2 rings (SSSR count). The summed E-state index contributed by atoms with van der Waals surface area (Å²) >= 11 is 0. The molecule has 0 saturated heterocycles. The highest BCUT2D eigenvalue weighted by Crippen LogP contribution is 2.23. The summed E-state index contributed by atoms with van der Waals surface area (Å²) in [5.74, 6) is -0.396. The third kappa shape index (κ3) is 9.02. The molecular formula is C29H44N4O4. The van der Waals surface area contributed by atoms with Crippen molar-refractivity contribution in [3.8, 4) is 0 Å². The first kappa shape index (κ1) is 30.1. The van der Waals surface area contributed by atoms with Gasteiger partial charge in [-0.2, -0.15) is 0 Å². The average molecular weight is 513 g/mol. The first-order valence-electron chi connectivity index (χ1n) is 13.6. The number of hydrogen-bond acceptors (Lipinski definition) is 5. The van der Waals surface area contributed by atoms with E-state index in [2.05, 4.69) is 48.4 Å². The van der Waals surface area contributed by atoms with E-state index in [1.165, 1.54) is 43.6 Å². The second-order valence-electron chi connectivity index (χ2n) is 9.78. The van der Waals surface area contributed by atoms with Crippen molar-refractivity contribution < 1.29 is 9.53 Å². The quantitative estimate of drug-likeness (QED) is 0.163. The van der Waals surface area contributed by atoms with E-state index in [1.54, 1.807) is 11.6 Å². The third-order valence-corrected chi connectivity index (χ3v) is 6.29. The van der Waals surface area contributed by atoms with Crippen LogP contribution in [0.15, 0.2) is 52.4 Å².